The maximum atomic E-state index is 12.3. The number of benzene rings is 1. The Balaban J connectivity index is 2.13. The number of hydrogen-bond donors (Lipinski definition) is 1. The van der Waals surface area contributed by atoms with E-state index in [2.05, 4.69) is 10.2 Å². The molecule has 1 aromatic heterocycles. The first-order valence-electron chi connectivity index (χ1n) is 7.19. The molecule has 1 aromatic carbocycles. The van der Waals surface area contributed by atoms with Crippen molar-refractivity contribution in [1.82, 2.24) is 19.8 Å². The van der Waals surface area contributed by atoms with Gasteiger partial charge >= 0.3 is 0 Å². The first-order valence-corrected chi connectivity index (χ1v) is 8.45. The molecule has 0 saturated carbocycles. The Morgan fingerprint density at radius 3 is 2.88 bits per heavy atom. The molecule has 24 heavy (non-hydrogen) atoms. The average Bonchev–Trinajstić information content (AvgIpc) is 2.93. The molecule has 0 aliphatic rings. The van der Waals surface area contributed by atoms with Crippen molar-refractivity contribution in [3.05, 3.63) is 29.3 Å². The summed E-state index contributed by atoms with van der Waals surface area (Å²) in [4.78, 5) is 13.8. The van der Waals surface area contributed by atoms with E-state index in [0.29, 0.717) is 34.5 Å². The van der Waals surface area contributed by atoms with E-state index in [-0.39, 0.29) is 5.91 Å². The first kappa shape index (κ1) is 18.1. The third kappa shape index (κ3) is 3.99. The van der Waals surface area contributed by atoms with Crippen LogP contribution in [0.2, 0.25) is 5.02 Å². The van der Waals surface area contributed by atoms with Gasteiger partial charge in [-0.1, -0.05) is 35.5 Å². The smallest absolute Gasteiger partial charge is 0.235 e. The number of thioether (sulfide) groups is 1. The molecular formula is C15H17ClN6OS. The van der Waals surface area contributed by atoms with Crippen LogP contribution in [-0.4, -0.2) is 44.5 Å². The second-order valence-corrected chi connectivity index (χ2v) is 6.80. The number of hydrogen-bond acceptors (Lipinski definition) is 6. The van der Waals surface area contributed by atoms with Crippen LogP contribution in [0, 0.1) is 11.3 Å². The first-order chi connectivity index (χ1) is 11.5. The van der Waals surface area contributed by atoms with Crippen molar-refractivity contribution < 1.29 is 4.79 Å². The lowest BCUT2D eigenvalue weighted by Crippen LogP contribution is -2.34. The van der Waals surface area contributed by atoms with Gasteiger partial charge < -0.3 is 10.7 Å². The summed E-state index contributed by atoms with van der Waals surface area (Å²) in [6, 6.07) is 9.21. The molecule has 1 amide bonds. The molecule has 2 N–H and O–H groups in total. The zero-order valence-electron chi connectivity index (χ0n) is 13.3. The Kier molecular flexibility index (Phi) is 6.06. The summed E-state index contributed by atoms with van der Waals surface area (Å²) >= 11 is 7.36. The number of halogens is 1. The zero-order chi connectivity index (χ0) is 17.7. The zero-order valence-corrected chi connectivity index (χ0v) is 14.9. The van der Waals surface area contributed by atoms with Gasteiger partial charge in [0.25, 0.3) is 0 Å². The number of nitrogens with zero attached hydrogens (tertiary/aromatic N) is 5. The molecule has 0 aliphatic carbocycles. The molecule has 9 heteroatoms. The summed E-state index contributed by atoms with van der Waals surface area (Å²) in [5, 5.41) is 17.2. The molecule has 0 fully saturated rings. The summed E-state index contributed by atoms with van der Waals surface area (Å²) in [5.74, 6) is 6.38. The van der Waals surface area contributed by atoms with E-state index in [1.165, 1.54) is 21.3 Å². The van der Waals surface area contributed by atoms with Gasteiger partial charge in [-0.25, -0.2) is 4.68 Å². The normalized spacial score (nSPS) is 11.8. The van der Waals surface area contributed by atoms with E-state index in [1.807, 2.05) is 18.2 Å². The number of carbonyl (C=O) groups is 1. The molecule has 7 nitrogen and oxygen atoms in total. The number of aromatic nitrogens is 3. The summed E-state index contributed by atoms with van der Waals surface area (Å²) in [6.07, 6.45) is 0.295. The lowest BCUT2D eigenvalue weighted by Gasteiger charge is -2.19. The maximum absolute atomic E-state index is 12.3. The van der Waals surface area contributed by atoms with Gasteiger partial charge in [0.15, 0.2) is 5.82 Å². The van der Waals surface area contributed by atoms with Crippen molar-refractivity contribution in [2.24, 2.45) is 0 Å². The Morgan fingerprint density at radius 1 is 1.50 bits per heavy atom. The van der Waals surface area contributed by atoms with Gasteiger partial charge in [-0.3, -0.25) is 4.79 Å². The SMILES string of the molecule is C[C@H](Sc1nnc(-c2ccccc2Cl)n1N)C(=O)N(C)CCC#N. The van der Waals surface area contributed by atoms with Crippen molar-refractivity contribution in [2.45, 2.75) is 23.8 Å². The van der Waals surface area contributed by atoms with Gasteiger partial charge in [-0.05, 0) is 19.1 Å². The molecule has 2 aromatic rings. The predicted molar refractivity (Wildman–Crippen MR) is 93.8 cm³/mol. The molecule has 0 aliphatic heterocycles. The number of carbonyl (C=O) groups excluding carboxylic acids is 1. The van der Waals surface area contributed by atoms with Crippen LogP contribution in [0.5, 0.6) is 0 Å². The summed E-state index contributed by atoms with van der Waals surface area (Å²) in [7, 11) is 1.67. The van der Waals surface area contributed by atoms with E-state index in [4.69, 9.17) is 22.7 Å². The number of nitrogen functional groups attached to an aromatic ring is 1. The molecule has 1 heterocycles. The lowest BCUT2D eigenvalue weighted by atomic mass is 10.2. The number of nitriles is 1. The highest BCUT2D eigenvalue weighted by Crippen LogP contribution is 2.29. The molecule has 0 radical (unpaired) electrons. The number of rotatable bonds is 6. The van der Waals surface area contributed by atoms with Crippen LogP contribution in [0.1, 0.15) is 13.3 Å². The highest BCUT2D eigenvalue weighted by atomic mass is 35.5. The quantitative estimate of drug-likeness (QED) is 0.622. The van der Waals surface area contributed by atoms with Gasteiger partial charge in [0.05, 0.1) is 22.8 Å². The van der Waals surface area contributed by atoms with Crippen LogP contribution >= 0.6 is 23.4 Å². The minimum atomic E-state index is -0.403. The van der Waals surface area contributed by atoms with Crippen molar-refractivity contribution >= 4 is 29.3 Å². The third-order valence-corrected chi connectivity index (χ3v) is 4.72. The third-order valence-electron chi connectivity index (χ3n) is 3.34. The molecule has 0 unspecified atom stereocenters. The summed E-state index contributed by atoms with van der Waals surface area (Å²) in [6.45, 7) is 2.15. The molecule has 0 saturated heterocycles. The maximum Gasteiger partial charge on any atom is 0.235 e. The Labute approximate surface area is 149 Å². The van der Waals surface area contributed by atoms with Crippen LogP contribution < -0.4 is 5.84 Å². The van der Waals surface area contributed by atoms with Crippen molar-refractivity contribution in [2.75, 3.05) is 19.4 Å². The molecule has 0 bridgehead atoms. The summed E-state index contributed by atoms with van der Waals surface area (Å²) in [5.41, 5.74) is 0.672. The van der Waals surface area contributed by atoms with Gasteiger partial charge in [0, 0.05) is 19.2 Å². The topological polar surface area (TPSA) is 101 Å². The Morgan fingerprint density at radius 2 is 2.21 bits per heavy atom. The van der Waals surface area contributed by atoms with Gasteiger partial charge in [0.2, 0.25) is 11.1 Å². The number of amides is 1. The standard InChI is InChI=1S/C15H17ClN6OS/c1-10(14(23)21(2)9-5-8-17)24-15-20-19-13(22(15)18)11-6-3-4-7-12(11)16/h3-4,6-7,10H,5,9,18H2,1-2H3/t10-/m0/s1. The van der Waals surface area contributed by atoms with Crippen molar-refractivity contribution in [3.8, 4) is 17.5 Å². The van der Waals surface area contributed by atoms with Crippen LogP contribution in [0.25, 0.3) is 11.4 Å². The number of nitrogens with two attached hydrogens (primary N) is 1. The van der Waals surface area contributed by atoms with E-state index in [1.54, 1.807) is 26.1 Å². The van der Waals surface area contributed by atoms with Gasteiger partial charge in [0.1, 0.15) is 0 Å². The predicted octanol–water partition coefficient (Wildman–Crippen LogP) is 2.16. The summed E-state index contributed by atoms with van der Waals surface area (Å²) < 4.78 is 1.32. The van der Waals surface area contributed by atoms with Crippen LogP contribution in [0.4, 0.5) is 0 Å². The van der Waals surface area contributed by atoms with Crippen LogP contribution in [0.3, 0.4) is 0 Å². The molecular weight excluding hydrogens is 348 g/mol. The molecule has 1 atom stereocenters. The van der Waals surface area contributed by atoms with Crippen LogP contribution in [-0.2, 0) is 4.79 Å². The second-order valence-electron chi connectivity index (χ2n) is 5.08. The van der Waals surface area contributed by atoms with Crippen molar-refractivity contribution in [3.63, 3.8) is 0 Å². The Bertz CT molecular complexity index is 772. The monoisotopic (exact) mass is 364 g/mol. The molecule has 0 spiro atoms. The van der Waals surface area contributed by atoms with E-state index >= 15 is 0 Å². The fourth-order valence-corrected chi connectivity index (χ4v) is 3.14. The molecule has 2 rings (SSSR count). The van der Waals surface area contributed by atoms with Crippen molar-refractivity contribution in [1.29, 1.82) is 5.26 Å². The highest BCUT2D eigenvalue weighted by molar-refractivity contribution is 8.00. The highest BCUT2D eigenvalue weighted by Gasteiger charge is 2.22. The van der Waals surface area contributed by atoms with Crippen LogP contribution in [0.15, 0.2) is 29.4 Å². The minimum absolute atomic E-state index is 0.0995. The largest absolute Gasteiger partial charge is 0.344 e. The van der Waals surface area contributed by atoms with E-state index < -0.39 is 5.25 Å². The average molecular weight is 365 g/mol. The van der Waals surface area contributed by atoms with Gasteiger partial charge in [-0.15, -0.1) is 10.2 Å². The fraction of sp³-hybridized carbons (Fsp3) is 0.333. The minimum Gasteiger partial charge on any atom is -0.344 e. The van der Waals surface area contributed by atoms with Gasteiger partial charge in [-0.2, -0.15) is 5.26 Å². The molecule has 126 valence electrons. The van der Waals surface area contributed by atoms with E-state index in [0.717, 1.165) is 0 Å². The fourth-order valence-electron chi connectivity index (χ4n) is 2.03. The van der Waals surface area contributed by atoms with E-state index in [9.17, 15) is 4.79 Å². The lowest BCUT2D eigenvalue weighted by molar-refractivity contribution is -0.128. The Hall–Kier alpha value is -2.24. The second kappa shape index (κ2) is 8.04.